The number of ether oxygens (including phenoxy) is 1. The molecule has 0 aromatic carbocycles. The van der Waals surface area contributed by atoms with Gasteiger partial charge in [-0.3, -0.25) is 0 Å². The maximum absolute atomic E-state index is 5.39. The van der Waals surface area contributed by atoms with Crippen LogP contribution in [0.25, 0.3) is 0 Å². The molecule has 0 bridgehead atoms. The summed E-state index contributed by atoms with van der Waals surface area (Å²) < 4.78 is 5.39. The van der Waals surface area contributed by atoms with Crippen LogP contribution in [-0.4, -0.2) is 26.8 Å². The first-order chi connectivity index (χ1) is 5.93. The number of hydrogen-bond donors (Lipinski definition) is 1. The zero-order valence-corrected chi connectivity index (χ0v) is 8.19. The van der Waals surface area contributed by atoms with E-state index in [-0.39, 0.29) is 0 Å². The van der Waals surface area contributed by atoms with Gasteiger partial charge in [0, 0.05) is 17.8 Å². The van der Waals surface area contributed by atoms with Gasteiger partial charge in [-0.05, 0) is 18.5 Å². The third kappa shape index (κ3) is 3.85. The van der Waals surface area contributed by atoms with Crippen molar-refractivity contribution in [3.8, 4) is 0 Å². The maximum atomic E-state index is 5.39. The van der Waals surface area contributed by atoms with Gasteiger partial charge < -0.3 is 10.1 Å². The third-order valence-electron chi connectivity index (χ3n) is 1.57. The van der Waals surface area contributed by atoms with Gasteiger partial charge in [-0.15, -0.1) is 11.3 Å². The van der Waals surface area contributed by atoms with E-state index in [2.05, 4.69) is 22.8 Å². The molecule has 1 rings (SSSR count). The van der Waals surface area contributed by atoms with Gasteiger partial charge in [-0.2, -0.15) is 0 Å². The zero-order chi connectivity index (χ0) is 8.65. The van der Waals surface area contributed by atoms with Gasteiger partial charge in [0.05, 0.1) is 13.2 Å². The Labute approximate surface area is 77.6 Å². The fraction of sp³-hybridized carbons (Fsp3) is 0.556. The minimum atomic E-state index is 0.807. The van der Waals surface area contributed by atoms with E-state index in [0.29, 0.717) is 0 Å². The van der Waals surface area contributed by atoms with Crippen LogP contribution in [0.4, 0.5) is 0 Å². The number of thiophene rings is 1. The molecule has 0 aliphatic carbocycles. The molecule has 2 nitrogen and oxygen atoms in total. The lowest BCUT2D eigenvalue weighted by atomic mass is 10.4. The van der Waals surface area contributed by atoms with Gasteiger partial charge >= 0.3 is 0 Å². The smallest absolute Gasteiger partial charge is 0.0590 e. The van der Waals surface area contributed by atoms with Crippen molar-refractivity contribution >= 4 is 11.3 Å². The molecule has 0 saturated carbocycles. The third-order valence-corrected chi connectivity index (χ3v) is 2.51. The molecule has 0 saturated heterocycles. The first-order valence-electron chi connectivity index (χ1n) is 4.18. The molecule has 1 heterocycles. The van der Waals surface area contributed by atoms with Crippen LogP contribution in [0.3, 0.4) is 0 Å². The van der Waals surface area contributed by atoms with Crippen molar-refractivity contribution in [2.75, 3.05) is 26.8 Å². The molecule has 1 N–H and O–H groups in total. The number of likely N-dealkylation sites (N-methyl/N-ethyl adjacent to an activating group) is 1. The number of hydrogen-bond acceptors (Lipinski definition) is 3. The number of rotatable bonds is 6. The highest BCUT2D eigenvalue weighted by Gasteiger charge is 1.92. The van der Waals surface area contributed by atoms with E-state index < -0.39 is 0 Å². The minimum Gasteiger partial charge on any atom is -0.380 e. The van der Waals surface area contributed by atoms with Gasteiger partial charge in [-0.25, -0.2) is 0 Å². The summed E-state index contributed by atoms with van der Waals surface area (Å²) in [6, 6.07) is 4.22. The minimum absolute atomic E-state index is 0.807. The average molecular weight is 185 g/mol. The molecule has 0 aliphatic rings. The Morgan fingerprint density at radius 3 is 3.08 bits per heavy atom. The molecule has 0 atom stereocenters. The monoisotopic (exact) mass is 185 g/mol. The molecule has 0 spiro atoms. The summed E-state index contributed by atoms with van der Waals surface area (Å²) in [5.74, 6) is 0. The molecule has 12 heavy (non-hydrogen) atoms. The summed E-state index contributed by atoms with van der Waals surface area (Å²) in [5.41, 5.74) is 0. The second-order valence-electron chi connectivity index (χ2n) is 2.55. The molecule has 0 aliphatic heterocycles. The highest BCUT2D eigenvalue weighted by atomic mass is 32.1. The molecule has 1 aromatic heterocycles. The van der Waals surface area contributed by atoms with Crippen molar-refractivity contribution in [1.29, 1.82) is 0 Å². The van der Waals surface area contributed by atoms with Crippen molar-refractivity contribution in [3.05, 3.63) is 22.4 Å². The van der Waals surface area contributed by atoms with Crippen molar-refractivity contribution in [1.82, 2.24) is 5.32 Å². The van der Waals surface area contributed by atoms with E-state index in [9.17, 15) is 0 Å². The van der Waals surface area contributed by atoms with Crippen molar-refractivity contribution in [2.45, 2.75) is 6.42 Å². The van der Waals surface area contributed by atoms with Crippen LogP contribution >= 0.6 is 11.3 Å². The largest absolute Gasteiger partial charge is 0.380 e. The van der Waals surface area contributed by atoms with Crippen LogP contribution < -0.4 is 5.32 Å². The Morgan fingerprint density at radius 2 is 2.42 bits per heavy atom. The zero-order valence-electron chi connectivity index (χ0n) is 7.38. The molecule has 68 valence electrons. The van der Waals surface area contributed by atoms with Gasteiger partial charge in [0.25, 0.3) is 0 Å². The SMILES string of the molecule is CNCCOCCc1cccs1. The van der Waals surface area contributed by atoms with E-state index in [4.69, 9.17) is 4.74 Å². The van der Waals surface area contributed by atoms with Gasteiger partial charge in [0.15, 0.2) is 0 Å². The van der Waals surface area contributed by atoms with E-state index in [1.165, 1.54) is 4.88 Å². The van der Waals surface area contributed by atoms with E-state index in [0.717, 1.165) is 26.2 Å². The molecular formula is C9H15NOS. The Balaban J connectivity index is 1.96. The highest BCUT2D eigenvalue weighted by molar-refractivity contribution is 7.09. The lowest BCUT2D eigenvalue weighted by Gasteiger charge is -2.01. The van der Waals surface area contributed by atoms with E-state index in [1.54, 1.807) is 11.3 Å². The second-order valence-corrected chi connectivity index (χ2v) is 3.58. The first-order valence-corrected chi connectivity index (χ1v) is 5.06. The normalized spacial score (nSPS) is 10.4. The van der Waals surface area contributed by atoms with Crippen LogP contribution in [0.5, 0.6) is 0 Å². The summed E-state index contributed by atoms with van der Waals surface area (Å²) in [5, 5.41) is 5.14. The Morgan fingerprint density at radius 1 is 1.50 bits per heavy atom. The molecular weight excluding hydrogens is 170 g/mol. The lowest BCUT2D eigenvalue weighted by Crippen LogP contribution is -2.14. The molecule has 0 fully saturated rings. The summed E-state index contributed by atoms with van der Waals surface area (Å²) in [6.45, 7) is 2.58. The van der Waals surface area contributed by atoms with Crippen molar-refractivity contribution in [3.63, 3.8) is 0 Å². The Kier molecular flexibility index (Phi) is 4.99. The number of nitrogens with one attached hydrogen (secondary N) is 1. The highest BCUT2D eigenvalue weighted by Crippen LogP contribution is 2.08. The lowest BCUT2D eigenvalue weighted by molar-refractivity contribution is 0.141. The molecule has 0 unspecified atom stereocenters. The van der Waals surface area contributed by atoms with Crippen LogP contribution in [0, 0.1) is 0 Å². The van der Waals surface area contributed by atoms with Crippen molar-refractivity contribution < 1.29 is 4.74 Å². The molecule has 0 radical (unpaired) electrons. The molecule has 1 aromatic rings. The van der Waals surface area contributed by atoms with E-state index in [1.807, 2.05) is 7.05 Å². The first kappa shape index (κ1) is 9.71. The standard InChI is InChI=1S/C9H15NOS/c1-10-5-7-11-6-4-9-3-2-8-12-9/h2-3,8,10H,4-7H2,1H3. The predicted octanol–water partition coefficient (Wildman–Crippen LogP) is 1.53. The second kappa shape index (κ2) is 6.17. The van der Waals surface area contributed by atoms with Crippen LogP contribution in [0.1, 0.15) is 4.88 Å². The van der Waals surface area contributed by atoms with Crippen LogP contribution in [-0.2, 0) is 11.2 Å². The van der Waals surface area contributed by atoms with Gasteiger partial charge in [0.2, 0.25) is 0 Å². The van der Waals surface area contributed by atoms with Crippen molar-refractivity contribution in [2.24, 2.45) is 0 Å². The fourth-order valence-electron chi connectivity index (χ4n) is 0.904. The Bertz CT molecular complexity index is 186. The summed E-state index contributed by atoms with van der Waals surface area (Å²) >= 11 is 1.79. The quantitative estimate of drug-likeness (QED) is 0.679. The van der Waals surface area contributed by atoms with Gasteiger partial charge in [0.1, 0.15) is 0 Å². The van der Waals surface area contributed by atoms with Crippen LogP contribution in [0.15, 0.2) is 17.5 Å². The predicted molar refractivity (Wildman–Crippen MR) is 52.8 cm³/mol. The average Bonchev–Trinajstić information content (AvgIpc) is 2.57. The van der Waals surface area contributed by atoms with Gasteiger partial charge in [-0.1, -0.05) is 6.07 Å². The maximum Gasteiger partial charge on any atom is 0.0590 e. The summed E-state index contributed by atoms with van der Waals surface area (Å²) in [4.78, 5) is 1.40. The van der Waals surface area contributed by atoms with E-state index >= 15 is 0 Å². The topological polar surface area (TPSA) is 21.3 Å². The fourth-order valence-corrected chi connectivity index (χ4v) is 1.59. The summed E-state index contributed by atoms with van der Waals surface area (Å²) in [6.07, 6.45) is 1.04. The molecule has 3 heteroatoms. The van der Waals surface area contributed by atoms with Crippen LogP contribution in [0.2, 0.25) is 0 Å². The summed E-state index contributed by atoms with van der Waals surface area (Å²) in [7, 11) is 1.93. The molecule has 0 amide bonds. The Hall–Kier alpha value is -0.380.